The van der Waals surface area contributed by atoms with E-state index in [4.69, 9.17) is 0 Å². The molecular weight excluding hydrogens is 268 g/mol. The van der Waals surface area contributed by atoms with Gasteiger partial charge in [-0.05, 0) is 12.5 Å². The van der Waals surface area contributed by atoms with Crippen molar-refractivity contribution in [3.05, 3.63) is 35.9 Å². The standard InChI is InChI=1S/C10H10BrF2NO/c1-7(8-5-3-2-4-6-8)14-9(15)10(11,12)13/h2-7H,1H3,(H,14,15). The molecule has 5 heteroatoms. The molecule has 0 aliphatic rings. The highest BCUT2D eigenvalue weighted by atomic mass is 79.9. The van der Waals surface area contributed by atoms with E-state index in [1.807, 2.05) is 22.0 Å². The summed E-state index contributed by atoms with van der Waals surface area (Å²) in [5, 5.41) is 2.20. The van der Waals surface area contributed by atoms with Gasteiger partial charge in [0.1, 0.15) is 0 Å². The highest BCUT2D eigenvalue weighted by Gasteiger charge is 2.35. The fraction of sp³-hybridized carbons (Fsp3) is 0.300. The normalized spacial score (nSPS) is 13.3. The van der Waals surface area contributed by atoms with Gasteiger partial charge in [-0.2, -0.15) is 8.78 Å². The molecule has 0 bridgehead atoms. The lowest BCUT2D eigenvalue weighted by atomic mass is 10.1. The minimum absolute atomic E-state index is 0.442. The Hall–Kier alpha value is -0.970. The summed E-state index contributed by atoms with van der Waals surface area (Å²) in [6.45, 7) is 1.64. The van der Waals surface area contributed by atoms with E-state index in [9.17, 15) is 13.6 Å². The van der Waals surface area contributed by atoms with Crippen LogP contribution in [0.1, 0.15) is 18.5 Å². The summed E-state index contributed by atoms with van der Waals surface area (Å²) < 4.78 is 25.0. The molecule has 0 fully saturated rings. The monoisotopic (exact) mass is 277 g/mol. The lowest BCUT2D eigenvalue weighted by molar-refractivity contribution is -0.134. The van der Waals surface area contributed by atoms with Crippen molar-refractivity contribution in [1.82, 2.24) is 5.32 Å². The first kappa shape index (κ1) is 12.1. The molecule has 2 nitrogen and oxygen atoms in total. The number of nitrogens with one attached hydrogen (secondary N) is 1. The van der Waals surface area contributed by atoms with E-state index in [-0.39, 0.29) is 0 Å². The minimum Gasteiger partial charge on any atom is -0.344 e. The lowest BCUT2D eigenvalue weighted by Gasteiger charge is -2.16. The van der Waals surface area contributed by atoms with Crippen molar-refractivity contribution in [1.29, 1.82) is 0 Å². The summed E-state index contributed by atoms with van der Waals surface area (Å²) in [6, 6.07) is 8.46. The molecule has 82 valence electrons. The minimum atomic E-state index is -3.52. The number of halogens is 3. The molecule has 0 saturated heterocycles. The zero-order chi connectivity index (χ0) is 11.5. The summed E-state index contributed by atoms with van der Waals surface area (Å²) in [7, 11) is 0. The Morgan fingerprint density at radius 1 is 1.40 bits per heavy atom. The summed E-state index contributed by atoms with van der Waals surface area (Å²) in [4.78, 5) is 7.42. The molecule has 1 N–H and O–H groups in total. The van der Waals surface area contributed by atoms with Gasteiger partial charge in [-0.1, -0.05) is 30.3 Å². The molecule has 0 radical (unpaired) electrons. The highest BCUT2D eigenvalue weighted by molar-refractivity contribution is 9.10. The molecule has 15 heavy (non-hydrogen) atoms. The SMILES string of the molecule is CC(NC(=O)C(F)(F)Br)c1ccccc1. The van der Waals surface area contributed by atoms with Gasteiger partial charge in [0.15, 0.2) is 0 Å². The molecule has 1 atom stereocenters. The van der Waals surface area contributed by atoms with Crippen LogP contribution in [0.15, 0.2) is 30.3 Å². The van der Waals surface area contributed by atoms with Gasteiger partial charge in [0.2, 0.25) is 0 Å². The number of carbonyl (C=O) groups is 1. The molecule has 0 heterocycles. The largest absolute Gasteiger partial charge is 0.377 e. The molecule has 0 aliphatic heterocycles. The number of benzene rings is 1. The van der Waals surface area contributed by atoms with Gasteiger partial charge in [-0.3, -0.25) is 4.79 Å². The van der Waals surface area contributed by atoms with Crippen molar-refractivity contribution >= 4 is 21.8 Å². The fourth-order valence-electron chi connectivity index (χ4n) is 1.10. The molecule has 1 unspecified atom stereocenters. The third kappa shape index (κ3) is 3.58. The Balaban J connectivity index is 2.65. The number of amides is 1. The Labute approximate surface area is 94.8 Å². The quantitative estimate of drug-likeness (QED) is 0.846. The van der Waals surface area contributed by atoms with Crippen molar-refractivity contribution in [3.63, 3.8) is 0 Å². The molecule has 0 saturated carbocycles. The van der Waals surface area contributed by atoms with Crippen LogP contribution < -0.4 is 5.32 Å². The van der Waals surface area contributed by atoms with Crippen LogP contribution >= 0.6 is 15.9 Å². The van der Waals surface area contributed by atoms with E-state index < -0.39 is 16.8 Å². The third-order valence-corrected chi connectivity index (χ3v) is 2.26. The van der Waals surface area contributed by atoms with E-state index in [0.717, 1.165) is 5.56 Å². The summed E-state index contributed by atoms with van der Waals surface area (Å²) in [5.74, 6) is -1.33. The number of alkyl halides is 3. The van der Waals surface area contributed by atoms with E-state index >= 15 is 0 Å². The first-order valence-corrected chi connectivity index (χ1v) is 5.13. The van der Waals surface area contributed by atoms with Crippen LogP contribution in [0.2, 0.25) is 0 Å². The second-order valence-corrected chi connectivity index (χ2v) is 4.10. The predicted molar refractivity (Wildman–Crippen MR) is 56.9 cm³/mol. The molecule has 1 aromatic carbocycles. The van der Waals surface area contributed by atoms with Gasteiger partial charge >= 0.3 is 10.7 Å². The maximum absolute atomic E-state index is 12.5. The first-order chi connectivity index (χ1) is 6.91. The molecule has 0 aliphatic carbocycles. The second kappa shape index (κ2) is 4.70. The molecular formula is C10H10BrF2NO. The molecule has 1 rings (SSSR count). The van der Waals surface area contributed by atoms with Gasteiger partial charge in [0, 0.05) is 15.9 Å². The Morgan fingerprint density at radius 2 is 1.93 bits per heavy atom. The average Bonchev–Trinajstić information content (AvgIpc) is 2.17. The Bertz CT molecular complexity index is 337. The first-order valence-electron chi connectivity index (χ1n) is 4.34. The predicted octanol–water partition coefficient (Wildman–Crippen LogP) is 2.85. The zero-order valence-corrected chi connectivity index (χ0v) is 9.59. The maximum atomic E-state index is 12.5. The van der Waals surface area contributed by atoms with Crippen molar-refractivity contribution in [2.24, 2.45) is 0 Å². The summed E-state index contributed by atoms with van der Waals surface area (Å²) in [6.07, 6.45) is 0. The lowest BCUT2D eigenvalue weighted by Crippen LogP contribution is -2.37. The van der Waals surface area contributed by atoms with Crippen LogP contribution in [0.5, 0.6) is 0 Å². The van der Waals surface area contributed by atoms with Crippen molar-refractivity contribution < 1.29 is 13.6 Å². The highest BCUT2D eigenvalue weighted by Crippen LogP contribution is 2.23. The number of carbonyl (C=O) groups excluding carboxylic acids is 1. The Kier molecular flexibility index (Phi) is 3.79. The molecule has 1 amide bonds. The third-order valence-electron chi connectivity index (χ3n) is 1.90. The summed E-state index contributed by atoms with van der Waals surface area (Å²) in [5.41, 5.74) is 0.780. The van der Waals surface area contributed by atoms with Gasteiger partial charge < -0.3 is 5.32 Å². The zero-order valence-electron chi connectivity index (χ0n) is 8.01. The number of hydrogen-bond donors (Lipinski definition) is 1. The van der Waals surface area contributed by atoms with E-state index in [2.05, 4.69) is 5.32 Å². The fourth-order valence-corrected chi connectivity index (χ4v) is 1.22. The number of rotatable bonds is 3. The van der Waals surface area contributed by atoms with Gasteiger partial charge in [0.05, 0.1) is 6.04 Å². The number of hydrogen-bond acceptors (Lipinski definition) is 1. The van der Waals surface area contributed by atoms with Crippen LogP contribution in [0.25, 0.3) is 0 Å². The molecule has 0 aromatic heterocycles. The van der Waals surface area contributed by atoms with E-state index in [1.54, 1.807) is 31.2 Å². The van der Waals surface area contributed by atoms with Crippen molar-refractivity contribution in [3.8, 4) is 0 Å². The second-order valence-electron chi connectivity index (χ2n) is 3.10. The smallest absolute Gasteiger partial charge is 0.344 e. The maximum Gasteiger partial charge on any atom is 0.377 e. The van der Waals surface area contributed by atoms with Gasteiger partial charge in [-0.15, -0.1) is 0 Å². The van der Waals surface area contributed by atoms with Crippen LogP contribution in [0, 0.1) is 0 Å². The van der Waals surface area contributed by atoms with Crippen molar-refractivity contribution in [2.75, 3.05) is 0 Å². The topological polar surface area (TPSA) is 29.1 Å². The van der Waals surface area contributed by atoms with Crippen LogP contribution in [-0.2, 0) is 4.79 Å². The van der Waals surface area contributed by atoms with Crippen molar-refractivity contribution in [2.45, 2.75) is 17.8 Å². The molecule has 0 spiro atoms. The van der Waals surface area contributed by atoms with E-state index in [0.29, 0.717) is 0 Å². The summed E-state index contributed by atoms with van der Waals surface area (Å²) >= 11 is 2.00. The van der Waals surface area contributed by atoms with Crippen LogP contribution in [-0.4, -0.2) is 10.7 Å². The van der Waals surface area contributed by atoms with Gasteiger partial charge in [-0.25, -0.2) is 0 Å². The average molecular weight is 278 g/mol. The molecule has 1 aromatic rings. The van der Waals surface area contributed by atoms with Crippen LogP contribution in [0.3, 0.4) is 0 Å². The van der Waals surface area contributed by atoms with Crippen LogP contribution in [0.4, 0.5) is 8.78 Å². The van der Waals surface area contributed by atoms with E-state index in [1.165, 1.54) is 0 Å². The van der Waals surface area contributed by atoms with Gasteiger partial charge in [0.25, 0.3) is 0 Å². The Morgan fingerprint density at radius 3 is 2.40 bits per heavy atom.